The Labute approximate surface area is 121 Å². The van der Waals surface area contributed by atoms with Crippen molar-refractivity contribution in [2.45, 2.75) is 39.2 Å². The third-order valence-corrected chi connectivity index (χ3v) is 2.81. The smallest absolute Gasteiger partial charge is 0.358 e. The Morgan fingerprint density at radius 1 is 1.33 bits per heavy atom. The number of carboxylic acid groups (broad SMARTS) is 1. The molecule has 9 heteroatoms. The molecule has 0 saturated heterocycles. The molecule has 2 aromatic heterocycles. The second-order valence-corrected chi connectivity index (χ2v) is 5.64. The summed E-state index contributed by atoms with van der Waals surface area (Å²) in [4.78, 5) is 11.1. The lowest BCUT2D eigenvalue weighted by Gasteiger charge is -2.11. The molecule has 0 atom stereocenters. The van der Waals surface area contributed by atoms with Gasteiger partial charge in [-0.1, -0.05) is 26.0 Å². The monoisotopic (exact) mass is 294 g/mol. The maximum Gasteiger partial charge on any atom is 0.358 e. The largest absolute Gasteiger partial charge is 0.476 e. The molecule has 21 heavy (non-hydrogen) atoms. The molecule has 2 aromatic rings. The van der Waals surface area contributed by atoms with Gasteiger partial charge in [-0.2, -0.15) is 0 Å². The molecular weight excluding hydrogens is 276 g/mol. The summed E-state index contributed by atoms with van der Waals surface area (Å²) in [5, 5.41) is 24.5. The molecule has 0 aliphatic heterocycles. The van der Waals surface area contributed by atoms with Crippen LogP contribution in [-0.4, -0.2) is 42.8 Å². The molecule has 114 valence electrons. The zero-order chi connectivity index (χ0) is 15.6. The molecule has 0 bridgehead atoms. The number of hydrogen-bond donors (Lipinski definition) is 2. The summed E-state index contributed by atoms with van der Waals surface area (Å²) in [5.74, 6) is -0.276. The van der Waals surface area contributed by atoms with Crippen LogP contribution < -0.4 is 5.73 Å². The highest BCUT2D eigenvalue weighted by molar-refractivity contribution is 5.86. The maximum atomic E-state index is 11.1. The molecule has 9 nitrogen and oxygen atoms in total. The van der Waals surface area contributed by atoms with Crippen molar-refractivity contribution in [3.05, 3.63) is 23.2 Å². The summed E-state index contributed by atoms with van der Waals surface area (Å²) in [6.45, 7) is 6.34. The van der Waals surface area contributed by atoms with E-state index in [9.17, 15) is 4.79 Å². The highest BCUT2D eigenvalue weighted by atomic mass is 16.4. The van der Waals surface area contributed by atoms with Crippen molar-refractivity contribution >= 4 is 5.97 Å². The van der Waals surface area contributed by atoms with Gasteiger partial charge in [0.2, 0.25) is 11.8 Å². The fourth-order valence-corrected chi connectivity index (χ4v) is 1.76. The summed E-state index contributed by atoms with van der Waals surface area (Å²) in [6.07, 6.45) is 0.356. The Bertz CT molecular complexity index is 640. The van der Waals surface area contributed by atoms with E-state index in [2.05, 4.69) is 20.5 Å². The molecule has 0 aromatic carbocycles. The fraction of sp³-hybridized carbons (Fsp3) is 0.583. The van der Waals surface area contributed by atoms with Crippen LogP contribution in [0.3, 0.4) is 0 Å². The third kappa shape index (κ3) is 3.24. The molecule has 0 amide bonds. The van der Waals surface area contributed by atoms with E-state index in [4.69, 9.17) is 15.3 Å². The molecule has 0 radical (unpaired) electrons. The van der Waals surface area contributed by atoms with Crippen LogP contribution >= 0.6 is 0 Å². The van der Waals surface area contributed by atoms with E-state index in [-0.39, 0.29) is 17.7 Å². The van der Waals surface area contributed by atoms with Gasteiger partial charge in [-0.05, 0) is 6.54 Å². The first-order chi connectivity index (χ1) is 9.82. The molecule has 0 unspecified atom stereocenters. The lowest BCUT2D eigenvalue weighted by Crippen LogP contribution is -2.14. The number of nitrogens with two attached hydrogens (primary N) is 1. The van der Waals surface area contributed by atoms with Crippen molar-refractivity contribution in [3.63, 3.8) is 0 Å². The van der Waals surface area contributed by atoms with Gasteiger partial charge in [-0.15, -0.1) is 15.3 Å². The first-order valence-corrected chi connectivity index (χ1v) is 6.51. The van der Waals surface area contributed by atoms with E-state index in [1.54, 1.807) is 0 Å². The Morgan fingerprint density at radius 2 is 2.05 bits per heavy atom. The summed E-state index contributed by atoms with van der Waals surface area (Å²) in [5.41, 5.74) is 5.59. The summed E-state index contributed by atoms with van der Waals surface area (Å²) in [6, 6.07) is 0. The molecule has 3 N–H and O–H groups in total. The van der Waals surface area contributed by atoms with E-state index in [1.165, 1.54) is 4.68 Å². The SMILES string of the molecule is CC(C)(C)c1nnc(Cn2nnc(C(=O)O)c2CCN)o1. The van der Waals surface area contributed by atoms with E-state index < -0.39 is 5.97 Å². The first kappa shape index (κ1) is 15.1. The molecular formula is C12H18N6O3. The second-order valence-electron chi connectivity index (χ2n) is 5.64. The second kappa shape index (κ2) is 5.60. The van der Waals surface area contributed by atoms with E-state index in [0.717, 1.165) is 0 Å². The van der Waals surface area contributed by atoms with E-state index in [0.29, 0.717) is 30.4 Å². The van der Waals surface area contributed by atoms with Crippen LogP contribution in [0.15, 0.2) is 4.42 Å². The number of nitrogens with zero attached hydrogens (tertiary/aromatic N) is 5. The van der Waals surface area contributed by atoms with Gasteiger partial charge >= 0.3 is 5.97 Å². The molecule has 2 rings (SSSR count). The number of carboxylic acids is 1. The van der Waals surface area contributed by atoms with Gasteiger partial charge in [0, 0.05) is 11.8 Å². The Morgan fingerprint density at radius 3 is 2.57 bits per heavy atom. The highest BCUT2D eigenvalue weighted by Gasteiger charge is 2.23. The lowest BCUT2D eigenvalue weighted by molar-refractivity contribution is 0.0689. The predicted molar refractivity (Wildman–Crippen MR) is 71.8 cm³/mol. The zero-order valence-corrected chi connectivity index (χ0v) is 12.2. The average molecular weight is 294 g/mol. The van der Waals surface area contributed by atoms with Crippen LogP contribution in [-0.2, 0) is 18.4 Å². The zero-order valence-electron chi connectivity index (χ0n) is 12.2. The average Bonchev–Trinajstić information content (AvgIpc) is 2.98. The van der Waals surface area contributed by atoms with Crippen molar-refractivity contribution in [1.29, 1.82) is 0 Å². The van der Waals surface area contributed by atoms with Gasteiger partial charge < -0.3 is 15.3 Å². The van der Waals surface area contributed by atoms with Crippen LogP contribution in [0.1, 0.15) is 48.7 Å². The minimum atomic E-state index is -1.13. The van der Waals surface area contributed by atoms with Gasteiger partial charge in [0.1, 0.15) is 6.54 Å². The topological polar surface area (TPSA) is 133 Å². The van der Waals surface area contributed by atoms with Gasteiger partial charge in [0.05, 0.1) is 5.69 Å². The minimum absolute atomic E-state index is 0.101. The van der Waals surface area contributed by atoms with Gasteiger partial charge in [0.25, 0.3) is 0 Å². The first-order valence-electron chi connectivity index (χ1n) is 6.51. The standard InChI is InChI=1S/C12H18N6O3/c1-12(2,3)11-16-14-8(21-11)6-18-7(4-5-13)9(10(19)20)15-17-18/h4-6,13H2,1-3H3,(H,19,20). The molecule has 0 fully saturated rings. The van der Waals surface area contributed by atoms with Gasteiger partial charge in [-0.25, -0.2) is 9.48 Å². The van der Waals surface area contributed by atoms with Crippen LogP contribution in [0.2, 0.25) is 0 Å². The van der Waals surface area contributed by atoms with Gasteiger partial charge in [0.15, 0.2) is 5.69 Å². The minimum Gasteiger partial charge on any atom is -0.476 e. The summed E-state index contributed by atoms with van der Waals surface area (Å²) >= 11 is 0. The summed E-state index contributed by atoms with van der Waals surface area (Å²) < 4.78 is 6.99. The van der Waals surface area contributed by atoms with Gasteiger partial charge in [-0.3, -0.25) is 0 Å². The van der Waals surface area contributed by atoms with Crippen molar-refractivity contribution in [2.75, 3.05) is 6.54 Å². The van der Waals surface area contributed by atoms with Crippen LogP contribution in [0.25, 0.3) is 0 Å². The van der Waals surface area contributed by atoms with Crippen molar-refractivity contribution in [2.24, 2.45) is 5.73 Å². The molecule has 0 spiro atoms. The van der Waals surface area contributed by atoms with Crippen molar-refractivity contribution < 1.29 is 14.3 Å². The number of aromatic nitrogens is 5. The third-order valence-electron chi connectivity index (χ3n) is 2.81. The van der Waals surface area contributed by atoms with E-state index >= 15 is 0 Å². The quantitative estimate of drug-likeness (QED) is 0.799. The molecule has 0 saturated carbocycles. The number of aromatic carboxylic acids is 1. The normalized spacial score (nSPS) is 11.8. The Balaban J connectivity index is 2.27. The van der Waals surface area contributed by atoms with E-state index in [1.807, 2.05) is 20.8 Å². The van der Waals surface area contributed by atoms with Crippen molar-refractivity contribution in [3.8, 4) is 0 Å². The van der Waals surface area contributed by atoms with Crippen LogP contribution in [0, 0.1) is 0 Å². The summed E-state index contributed by atoms with van der Waals surface area (Å²) in [7, 11) is 0. The van der Waals surface area contributed by atoms with Crippen molar-refractivity contribution in [1.82, 2.24) is 25.2 Å². The van der Waals surface area contributed by atoms with Crippen LogP contribution in [0.4, 0.5) is 0 Å². The Hall–Kier alpha value is -2.29. The highest BCUT2D eigenvalue weighted by Crippen LogP contribution is 2.20. The lowest BCUT2D eigenvalue weighted by atomic mass is 9.97. The fourth-order valence-electron chi connectivity index (χ4n) is 1.76. The number of carbonyl (C=O) groups is 1. The molecule has 0 aliphatic carbocycles. The van der Waals surface area contributed by atoms with Crippen LogP contribution in [0.5, 0.6) is 0 Å². The predicted octanol–water partition coefficient (Wildman–Crippen LogP) is 0.206. The molecule has 0 aliphatic rings. The number of hydrogen-bond acceptors (Lipinski definition) is 7. The molecule has 2 heterocycles. The Kier molecular flexibility index (Phi) is 4.03. The maximum absolute atomic E-state index is 11.1. The number of rotatable bonds is 5.